The lowest BCUT2D eigenvalue weighted by molar-refractivity contribution is -0.122. The van der Waals surface area contributed by atoms with Gasteiger partial charge in [0.1, 0.15) is 0 Å². The van der Waals surface area contributed by atoms with Gasteiger partial charge in [-0.1, -0.05) is 0 Å². The summed E-state index contributed by atoms with van der Waals surface area (Å²) in [6, 6.07) is 0.403. The molecule has 0 heterocycles. The molecule has 5 nitrogen and oxygen atoms in total. The first-order valence-corrected chi connectivity index (χ1v) is 6.09. The van der Waals surface area contributed by atoms with E-state index in [-0.39, 0.29) is 0 Å². The van der Waals surface area contributed by atoms with Gasteiger partial charge in [-0.2, -0.15) is 0 Å². The van der Waals surface area contributed by atoms with Crippen LogP contribution in [0.3, 0.4) is 0 Å². The number of hydrogen-bond donors (Lipinski definition) is 2. The van der Waals surface area contributed by atoms with E-state index in [4.69, 9.17) is 16.2 Å². The molecule has 2 atom stereocenters. The lowest BCUT2D eigenvalue weighted by Crippen LogP contribution is -2.49. The lowest BCUT2D eigenvalue weighted by atomic mass is 9.95. The monoisotopic (exact) mass is 245 g/mol. The van der Waals surface area contributed by atoms with Crippen molar-refractivity contribution in [2.45, 2.75) is 44.7 Å². The molecule has 0 aromatic rings. The third kappa shape index (κ3) is 6.61. The zero-order chi connectivity index (χ0) is 13.5. The average Bonchev–Trinajstić information content (AvgIpc) is 2.24. The lowest BCUT2D eigenvalue weighted by Gasteiger charge is -2.25. The molecular weight excluding hydrogens is 218 g/mol. The number of nitrogens with zero attached hydrogens (tertiary/aromatic N) is 1. The maximum Gasteiger partial charge on any atom is 0.237 e. The van der Waals surface area contributed by atoms with Crippen molar-refractivity contribution in [2.75, 3.05) is 27.3 Å². The quantitative estimate of drug-likeness (QED) is 0.573. The maximum atomic E-state index is 11.0. The Morgan fingerprint density at radius 1 is 1.47 bits per heavy atom. The van der Waals surface area contributed by atoms with E-state index in [2.05, 4.69) is 18.9 Å². The molecule has 0 bridgehead atoms. The summed E-state index contributed by atoms with van der Waals surface area (Å²) in [7, 11) is 3.77. The van der Waals surface area contributed by atoms with Gasteiger partial charge in [0.15, 0.2) is 0 Å². The zero-order valence-corrected chi connectivity index (χ0v) is 11.5. The molecule has 1 amide bonds. The van der Waals surface area contributed by atoms with Crippen LogP contribution < -0.4 is 11.5 Å². The van der Waals surface area contributed by atoms with Gasteiger partial charge in [0.05, 0.1) is 12.1 Å². The minimum Gasteiger partial charge on any atom is -0.383 e. The predicted octanol–water partition coefficient (Wildman–Crippen LogP) is 0.326. The second-order valence-corrected chi connectivity index (χ2v) is 5.02. The molecule has 0 aliphatic carbocycles. The van der Waals surface area contributed by atoms with Crippen LogP contribution in [0.4, 0.5) is 0 Å². The first-order valence-electron chi connectivity index (χ1n) is 6.09. The first-order chi connectivity index (χ1) is 7.81. The number of nitrogens with two attached hydrogens (primary N) is 2. The van der Waals surface area contributed by atoms with Crippen LogP contribution in [0, 0.1) is 0 Å². The molecule has 0 aliphatic rings. The van der Waals surface area contributed by atoms with Crippen LogP contribution >= 0.6 is 0 Å². The van der Waals surface area contributed by atoms with Gasteiger partial charge in [-0.15, -0.1) is 0 Å². The Bertz CT molecular complexity index is 232. The SMILES string of the molecule is COCC(C)N(C)CCCCC(C)(N)C(N)=O. The van der Waals surface area contributed by atoms with E-state index in [1.165, 1.54) is 0 Å². The highest BCUT2D eigenvalue weighted by Gasteiger charge is 2.24. The standard InChI is InChI=1S/C12H27N3O2/c1-10(9-17-4)15(3)8-6-5-7-12(2,14)11(13)16/h10H,5-9,14H2,1-4H3,(H2,13,16). The van der Waals surface area contributed by atoms with Crippen LogP contribution in [0.2, 0.25) is 0 Å². The summed E-state index contributed by atoms with van der Waals surface area (Å²) in [5.74, 6) is -0.432. The van der Waals surface area contributed by atoms with Crippen LogP contribution in [0.15, 0.2) is 0 Å². The highest BCUT2D eigenvalue weighted by Crippen LogP contribution is 2.10. The zero-order valence-electron chi connectivity index (χ0n) is 11.5. The summed E-state index contributed by atoms with van der Waals surface area (Å²) in [5, 5.41) is 0. The van der Waals surface area contributed by atoms with Gasteiger partial charge in [-0.3, -0.25) is 4.79 Å². The molecule has 0 aromatic heterocycles. The summed E-state index contributed by atoms with van der Waals surface area (Å²) in [4.78, 5) is 13.3. The average molecular weight is 245 g/mol. The summed E-state index contributed by atoms with van der Waals surface area (Å²) in [6.07, 6.45) is 2.54. The third-order valence-corrected chi connectivity index (χ3v) is 3.18. The van der Waals surface area contributed by atoms with E-state index in [9.17, 15) is 4.79 Å². The number of carbonyl (C=O) groups excluding carboxylic acids is 1. The normalized spacial score (nSPS) is 16.8. The summed E-state index contributed by atoms with van der Waals surface area (Å²) < 4.78 is 5.09. The van der Waals surface area contributed by atoms with Crippen molar-refractivity contribution < 1.29 is 9.53 Å². The fourth-order valence-corrected chi connectivity index (χ4v) is 1.57. The van der Waals surface area contributed by atoms with Crippen molar-refractivity contribution >= 4 is 5.91 Å². The number of methoxy groups -OCH3 is 1. The Morgan fingerprint density at radius 2 is 2.06 bits per heavy atom. The molecular formula is C12H27N3O2. The molecule has 0 saturated heterocycles. The molecule has 0 saturated carbocycles. The molecule has 102 valence electrons. The summed E-state index contributed by atoms with van der Waals surface area (Å²) in [6.45, 7) is 5.51. The van der Waals surface area contributed by atoms with Gasteiger partial charge in [0.2, 0.25) is 5.91 Å². The fraction of sp³-hybridized carbons (Fsp3) is 0.917. The summed E-state index contributed by atoms with van der Waals surface area (Å²) in [5.41, 5.74) is 10.1. The van der Waals surface area contributed by atoms with E-state index in [1.54, 1.807) is 14.0 Å². The number of likely N-dealkylation sites (N-methyl/N-ethyl adjacent to an activating group) is 1. The van der Waals surface area contributed by atoms with Gasteiger partial charge in [-0.05, 0) is 46.7 Å². The smallest absolute Gasteiger partial charge is 0.237 e. The van der Waals surface area contributed by atoms with Gasteiger partial charge in [0.25, 0.3) is 0 Å². The van der Waals surface area contributed by atoms with Crippen LogP contribution in [0.1, 0.15) is 33.1 Å². The van der Waals surface area contributed by atoms with E-state index < -0.39 is 11.4 Å². The number of unbranched alkanes of at least 4 members (excludes halogenated alkanes) is 1. The fourth-order valence-electron chi connectivity index (χ4n) is 1.57. The van der Waals surface area contributed by atoms with Crippen LogP contribution in [-0.4, -0.2) is 49.7 Å². The number of hydrogen-bond acceptors (Lipinski definition) is 4. The molecule has 0 radical (unpaired) electrons. The Labute approximate surface area is 104 Å². The molecule has 4 N–H and O–H groups in total. The molecule has 2 unspecified atom stereocenters. The van der Waals surface area contributed by atoms with E-state index >= 15 is 0 Å². The van der Waals surface area contributed by atoms with Crippen molar-refractivity contribution in [1.82, 2.24) is 4.90 Å². The van der Waals surface area contributed by atoms with Gasteiger partial charge >= 0.3 is 0 Å². The van der Waals surface area contributed by atoms with Crippen LogP contribution in [-0.2, 0) is 9.53 Å². The molecule has 0 fully saturated rings. The Kier molecular flexibility index (Phi) is 7.34. The Morgan fingerprint density at radius 3 is 2.53 bits per heavy atom. The number of carbonyl (C=O) groups is 1. The van der Waals surface area contributed by atoms with Gasteiger partial charge in [0, 0.05) is 13.2 Å². The Balaban J connectivity index is 3.74. The van der Waals surface area contributed by atoms with Crippen LogP contribution in [0.25, 0.3) is 0 Å². The first kappa shape index (κ1) is 16.4. The molecule has 5 heteroatoms. The second kappa shape index (κ2) is 7.63. The van der Waals surface area contributed by atoms with E-state index in [0.29, 0.717) is 12.5 Å². The molecule has 0 spiro atoms. The minimum absolute atomic E-state index is 0.403. The Hall–Kier alpha value is -0.650. The largest absolute Gasteiger partial charge is 0.383 e. The second-order valence-electron chi connectivity index (χ2n) is 5.02. The maximum absolute atomic E-state index is 11.0. The van der Waals surface area contributed by atoms with Crippen molar-refractivity contribution in [1.29, 1.82) is 0 Å². The minimum atomic E-state index is -0.878. The van der Waals surface area contributed by atoms with E-state index in [1.807, 2.05) is 0 Å². The van der Waals surface area contributed by atoms with Crippen LogP contribution in [0.5, 0.6) is 0 Å². The van der Waals surface area contributed by atoms with Crippen molar-refractivity contribution in [3.63, 3.8) is 0 Å². The molecule has 17 heavy (non-hydrogen) atoms. The topological polar surface area (TPSA) is 81.6 Å². The molecule has 0 aromatic carbocycles. The van der Waals surface area contributed by atoms with Crippen molar-refractivity contribution in [3.05, 3.63) is 0 Å². The third-order valence-electron chi connectivity index (χ3n) is 3.18. The predicted molar refractivity (Wildman–Crippen MR) is 69.6 cm³/mol. The van der Waals surface area contributed by atoms with Crippen molar-refractivity contribution in [3.8, 4) is 0 Å². The van der Waals surface area contributed by atoms with Crippen molar-refractivity contribution in [2.24, 2.45) is 11.5 Å². The summed E-state index contributed by atoms with van der Waals surface area (Å²) >= 11 is 0. The van der Waals surface area contributed by atoms with E-state index in [0.717, 1.165) is 26.0 Å². The van der Waals surface area contributed by atoms with Gasteiger partial charge < -0.3 is 21.1 Å². The molecule has 0 rings (SSSR count). The number of amides is 1. The highest BCUT2D eigenvalue weighted by atomic mass is 16.5. The number of ether oxygens (including phenoxy) is 1. The number of primary amides is 1. The molecule has 0 aliphatic heterocycles. The highest BCUT2D eigenvalue weighted by molar-refractivity contribution is 5.83. The van der Waals surface area contributed by atoms with Gasteiger partial charge in [-0.25, -0.2) is 0 Å². The number of rotatable bonds is 9.